The molecule has 2 aliphatic rings. The molecule has 4 rings (SSSR count). The number of carbonyl (C=O) groups excluding carboxylic acids is 2. The average molecular weight is 526 g/mol. The highest BCUT2D eigenvalue weighted by Gasteiger charge is 2.37. The number of hydrogen-bond acceptors (Lipinski definition) is 5. The molecule has 33 heavy (non-hydrogen) atoms. The number of ketones is 1. The van der Waals surface area contributed by atoms with Gasteiger partial charge in [-0.2, -0.15) is 5.26 Å². The summed E-state index contributed by atoms with van der Waals surface area (Å²) >= 11 is 4.67. The molecule has 168 valence electrons. The van der Waals surface area contributed by atoms with Gasteiger partial charge < -0.3 is 10.6 Å². The molecule has 2 aromatic rings. The largest absolute Gasteiger partial charge is 0.352 e. The van der Waals surface area contributed by atoms with Crippen molar-refractivity contribution in [1.29, 1.82) is 5.26 Å². The van der Waals surface area contributed by atoms with Gasteiger partial charge in [0.1, 0.15) is 5.82 Å². The number of anilines is 1. The van der Waals surface area contributed by atoms with Gasteiger partial charge in [-0.25, -0.2) is 4.39 Å². The van der Waals surface area contributed by atoms with Gasteiger partial charge >= 0.3 is 0 Å². The number of nitrogens with one attached hydrogen (secondary N) is 2. The summed E-state index contributed by atoms with van der Waals surface area (Å²) in [6.45, 7) is 1.94. The van der Waals surface area contributed by atoms with Crippen LogP contribution in [0.3, 0.4) is 0 Å². The molecule has 0 saturated carbocycles. The van der Waals surface area contributed by atoms with Crippen LogP contribution in [0.5, 0.6) is 0 Å². The highest BCUT2D eigenvalue weighted by Crippen LogP contribution is 2.44. The number of thioether (sulfide) groups is 1. The normalized spacial score (nSPS) is 17.9. The van der Waals surface area contributed by atoms with Gasteiger partial charge in [0.25, 0.3) is 0 Å². The number of benzene rings is 2. The lowest BCUT2D eigenvalue weighted by molar-refractivity contribution is -0.116. The maximum atomic E-state index is 13.5. The highest BCUT2D eigenvalue weighted by atomic mass is 79.9. The molecule has 0 bridgehead atoms. The van der Waals surface area contributed by atoms with Crippen molar-refractivity contribution in [2.45, 2.75) is 32.1 Å². The van der Waals surface area contributed by atoms with Crippen molar-refractivity contribution in [3.8, 4) is 6.07 Å². The van der Waals surface area contributed by atoms with Crippen LogP contribution in [0.1, 0.15) is 36.3 Å². The fourth-order valence-corrected chi connectivity index (χ4v) is 5.19. The van der Waals surface area contributed by atoms with Gasteiger partial charge in [0, 0.05) is 27.9 Å². The zero-order chi connectivity index (χ0) is 23.5. The number of aryl methyl sites for hydroxylation is 1. The Morgan fingerprint density at radius 2 is 2.03 bits per heavy atom. The van der Waals surface area contributed by atoms with Gasteiger partial charge in [-0.15, -0.1) is 0 Å². The van der Waals surface area contributed by atoms with Crippen molar-refractivity contribution in [3.05, 3.63) is 85.8 Å². The first-order valence-electron chi connectivity index (χ1n) is 10.5. The molecule has 0 fully saturated rings. The zero-order valence-corrected chi connectivity index (χ0v) is 20.3. The SMILES string of the molecule is Cc1cc(NC(=O)CSC2=C(C#N)C(c3ccc(F)cc3)C3=C(CCCC3=O)N2)ccc1Br. The fraction of sp³-hybridized carbons (Fsp3) is 0.240. The van der Waals surface area contributed by atoms with E-state index in [2.05, 4.69) is 32.6 Å². The zero-order valence-electron chi connectivity index (χ0n) is 17.9. The molecule has 1 atom stereocenters. The van der Waals surface area contributed by atoms with Crippen LogP contribution in [0.15, 0.2) is 68.8 Å². The maximum absolute atomic E-state index is 13.5. The van der Waals surface area contributed by atoms with Crippen LogP contribution in [0, 0.1) is 24.1 Å². The first-order chi connectivity index (χ1) is 15.9. The van der Waals surface area contributed by atoms with E-state index in [1.165, 1.54) is 23.9 Å². The van der Waals surface area contributed by atoms with Crippen molar-refractivity contribution in [3.63, 3.8) is 0 Å². The van der Waals surface area contributed by atoms with Crippen molar-refractivity contribution in [2.75, 3.05) is 11.1 Å². The van der Waals surface area contributed by atoms with E-state index in [1.54, 1.807) is 12.1 Å². The number of dihydropyridines is 1. The third-order valence-corrected chi connectivity index (χ3v) is 7.56. The van der Waals surface area contributed by atoms with Crippen LogP contribution in [0.25, 0.3) is 0 Å². The molecule has 2 aromatic carbocycles. The number of rotatable bonds is 5. The van der Waals surface area contributed by atoms with E-state index in [9.17, 15) is 19.2 Å². The molecule has 1 amide bonds. The van der Waals surface area contributed by atoms with Crippen LogP contribution in [-0.4, -0.2) is 17.4 Å². The van der Waals surface area contributed by atoms with Gasteiger partial charge in [-0.3, -0.25) is 9.59 Å². The lowest BCUT2D eigenvalue weighted by Crippen LogP contribution is -2.31. The second-order valence-electron chi connectivity index (χ2n) is 7.93. The monoisotopic (exact) mass is 525 g/mol. The Morgan fingerprint density at radius 3 is 2.73 bits per heavy atom. The number of halogens is 2. The minimum atomic E-state index is -0.570. The molecular formula is C25H21BrFN3O2S. The highest BCUT2D eigenvalue weighted by molar-refractivity contribution is 9.10. The topological polar surface area (TPSA) is 82.0 Å². The number of nitriles is 1. The summed E-state index contributed by atoms with van der Waals surface area (Å²) in [6.07, 6.45) is 1.84. The number of nitrogens with zero attached hydrogens (tertiary/aromatic N) is 1. The third-order valence-electron chi connectivity index (χ3n) is 5.66. The van der Waals surface area contributed by atoms with Gasteiger partial charge in [0.15, 0.2) is 5.78 Å². The summed E-state index contributed by atoms with van der Waals surface area (Å²) < 4.78 is 14.5. The quantitative estimate of drug-likeness (QED) is 0.523. The Labute approximate surface area is 204 Å². The summed E-state index contributed by atoms with van der Waals surface area (Å²) in [7, 11) is 0. The van der Waals surface area contributed by atoms with Crippen LogP contribution in [0.2, 0.25) is 0 Å². The molecule has 0 radical (unpaired) electrons. The van der Waals surface area contributed by atoms with Gasteiger partial charge in [0.2, 0.25) is 5.91 Å². The third kappa shape index (κ3) is 5.05. The standard InChI is InChI=1S/C25H21BrFN3O2S/c1-14-11-17(9-10-19(14)26)29-22(32)13-33-25-18(12-28)23(15-5-7-16(27)8-6-15)24-20(30-25)3-2-4-21(24)31/h5-11,23,30H,2-4,13H2,1H3,(H,29,32). The summed E-state index contributed by atoms with van der Waals surface area (Å²) in [6, 6.07) is 13.7. The lowest BCUT2D eigenvalue weighted by Gasteiger charge is -2.33. The van der Waals surface area contributed by atoms with Crippen LogP contribution >= 0.6 is 27.7 Å². The smallest absolute Gasteiger partial charge is 0.234 e. The van der Waals surface area contributed by atoms with Gasteiger partial charge in [-0.05, 0) is 61.2 Å². The summed E-state index contributed by atoms with van der Waals surface area (Å²) in [5.41, 5.74) is 4.11. The molecule has 0 saturated heterocycles. The molecule has 0 spiro atoms. The Hall–Kier alpha value is -2.89. The molecule has 1 heterocycles. The minimum absolute atomic E-state index is 0.00164. The summed E-state index contributed by atoms with van der Waals surface area (Å²) in [4.78, 5) is 25.4. The van der Waals surface area contributed by atoms with Gasteiger partial charge in [0.05, 0.1) is 28.3 Å². The number of amides is 1. The predicted molar refractivity (Wildman–Crippen MR) is 131 cm³/mol. The predicted octanol–water partition coefficient (Wildman–Crippen LogP) is 5.70. The summed E-state index contributed by atoms with van der Waals surface area (Å²) in [5.74, 6) is -1.06. The Balaban J connectivity index is 1.59. The second-order valence-corrected chi connectivity index (χ2v) is 9.77. The number of hydrogen-bond donors (Lipinski definition) is 2. The Bertz CT molecular complexity index is 1230. The molecule has 1 aliphatic heterocycles. The lowest BCUT2D eigenvalue weighted by atomic mass is 9.77. The molecule has 5 nitrogen and oxygen atoms in total. The Morgan fingerprint density at radius 1 is 1.27 bits per heavy atom. The maximum Gasteiger partial charge on any atom is 0.234 e. The van der Waals surface area contributed by atoms with E-state index in [0.717, 1.165) is 22.2 Å². The van der Waals surface area contributed by atoms with Crippen LogP contribution in [-0.2, 0) is 9.59 Å². The Kier molecular flexibility index (Phi) is 7.01. The van der Waals surface area contributed by atoms with Crippen molar-refractivity contribution >= 4 is 45.1 Å². The van der Waals surface area contributed by atoms with Crippen molar-refractivity contribution < 1.29 is 14.0 Å². The van der Waals surface area contributed by atoms with E-state index >= 15 is 0 Å². The average Bonchev–Trinajstić information content (AvgIpc) is 2.80. The van der Waals surface area contributed by atoms with Crippen molar-refractivity contribution in [1.82, 2.24) is 5.32 Å². The summed E-state index contributed by atoms with van der Waals surface area (Å²) in [5, 5.41) is 16.7. The second kappa shape index (κ2) is 9.94. The minimum Gasteiger partial charge on any atom is -0.352 e. The number of carbonyl (C=O) groups is 2. The van der Waals surface area contributed by atoms with E-state index in [1.807, 2.05) is 25.1 Å². The molecule has 1 aliphatic carbocycles. The molecular weight excluding hydrogens is 505 g/mol. The van der Waals surface area contributed by atoms with Crippen molar-refractivity contribution in [2.24, 2.45) is 0 Å². The molecule has 0 aromatic heterocycles. The van der Waals surface area contributed by atoms with Gasteiger partial charge in [-0.1, -0.05) is 39.8 Å². The first kappa shape index (κ1) is 23.3. The number of allylic oxidation sites excluding steroid dienone is 3. The van der Waals surface area contributed by atoms with Crippen LogP contribution < -0.4 is 10.6 Å². The van der Waals surface area contributed by atoms with E-state index in [0.29, 0.717) is 40.3 Å². The number of Topliss-reactive ketones (excluding diaryl/α,β-unsaturated/α-hetero) is 1. The van der Waals surface area contributed by atoms with E-state index < -0.39 is 5.92 Å². The van der Waals surface area contributed by atoms with E-state index in [-0.39, 0.29) is 23.3 Å². The molecule has 2 N–H and O–H groups in total. The van der Waals surface area contributed by atoms with Crippen LogP contribution in [0.4, 0.5) is 10.1 Å². The molecule has 1 unspecified atom stereocenters. The first-order valence-corrected chi connectivity index (χ1v) is 12.3. The molecule has 8 heteroatoms. The fourth-order valence-electron chi connectivity index (χ4n) is 4.08. The van der Waals surface area contributed by atoms with E-state index in [4.69, 9.17) is 0 Å².